The van der Waals surface area contributed by atoms with Gasteiger partial charge in [0.25, 0.3) is 5.89 Å². The predicted molar refractivity (Wildman–Crippen MR) is 78.4 cm³/mol. The smallest absolute Gasteiger partial charge is 0.258 e. The van der Waals surface area contributed by atoms with Gasteiger partial charge in [0.2, 0.25) is 0 Å². The molecule has 106 valence electrons. The highest BCUT2D eigenvalue weighted by Crippen LogP contribution is 2.32. The Hall–Kier alpha value is -1.68. The third-order valence-corrected chi connectivity index (χ3v) is 3.78. The molecule has 0 spiro atoms. The molecule has 2 aromatic rings. The van der Waals surface area contributed by atoms with Gasteiger partial charge in [-0.15, -0.1) is 0 Å². The molecule has 1 atom stereocenters. The molecule has 1 fully saturated rings. The lowest BCUT2D eigenvalue weighted by Gasteiger charge is -2.21. The van der Waals surface area contributed by atoms with E-state index in [9.17, 15) is 0 Å². The fourth-order valence-electron chi connectivity index (χ4n) is 2.71. The molecule has 0 amide bonds. The Balaban J connectivity index is 1.97. The first-order chi connectivity index (χ1) is 9.55. The Morgan fingerprint density at radius 1 is 1.25 bits per heavy atom. The van der Waals surface area contributed by atoms with Crippen molar-refractivity contribution in [3.8, 4) is 11.5 Å². The summed E-state index contributed by atoms with van der Waals surface area (Å²) in [7, 11) is 0. The maximum absolute atomic E-state index is 5.50. The Kier molecular flexibility index (Phi) is 3.34. The fraction of sp³-hybridized carbons (Fsp3) is 0.500. The molecule has 4 heteroatoms. The molecule has 0 bridgehead atoms. The summed E-state index contributed by atoms with van der Waals surface area (Å²) >= 11 is 0. The van der Waals surface area contributed by atoms with Crippen molar-refractivity contribution >= 4 is 0 Å². The fourth-order valence-corrected chi connectivity index (χ4v) is 2.71. The first-order valence-corrected chi connectivity index (χ1v) is 7.22. The summed E-state index contributed by atoms with van der Waals surface area (Å²) in [6, 6.07) is 8.50. The van der Waals surface area contributed by atoms with Gasteiger partial charge in [0.1, 0.15) is 0 Å². The van der Waals surface area contributed by atoms with E-state index < -0.39 is 0 Å². The number of hydrogen-bond acceptors (Lipinski definition) is 4. The number of rotatable bonds is 2. The molecule has 1 aliphatic rings. The summed E-state index contributed by atoms with van der Waals surface area (Å²) in [5.41, 5.74) is 2.32. The van der Waals surface area contributed by atoms with E-state index in [4.69, 9.17) is 4.52 Å². The second-order valence-electron chi connectivity index (χ2n) is 6.40. The van der Waals surface area contributed by atoms with Gasteiger partial charge in [-0.25, -0.2) is 0 Å². The van der Waals surface area contributed by atoms with Crippen LogP contribution in [0.25, 0.3) is 11.5 Å². The summed E-state index contributed by atoms with van der Waals surface area (Å²) in [6.45, 7) is 7.62. The number of nitrogens with one attached hydrogen (secondary N) is 1. The molecule has 1 N–H and O–H groups in total. The van der Waals surface area contributed by atoms with Crippen LogP contribution in [0.4, 0.5) is 0 Å². The first-order valence-electron chi connectivity index (χ1n) is 7.22. The van der Waals surface area contributed by atoms with Crippen molar-refractivity contribution < 1.29 is 4.52 Å². The minimum Gasteiger partial charge on any atom is -0.334 e. The van der Waals surface area contributed by atoms with E-state index in [0.29, 0.717) is 5.89 Å². The molecule has 1 aromatic heterocycles. The van der Waals surface area contributed by atoms with E-state index >= 15 is 0 Å². The summed E-state index contributed by atoms with van der Waals surface area (Å²) in [5.74, 6) is 1.40. The topological polar surface area (TPSA) is 51.0 Å². The normalized spacial score (nSPS) is 19.4. The third-order valence-electron chi connectivity index (χ3n) is 3.78. The van der Waals surface area contributed by atoms with Crippen molar-refractivity contribution in [2.75, 3.05) is 6.54 Å². The second-order valence-corrected chi connectivity index (χ2v) is 6.40. The summed E-state index contributed by atoms with van der Waals surface area (Å²) in [4.78, 5) is 4.60. The zero-order chi connectivity index (χ0) is 14.2. The Morgan fingerprint density at radius 2 is 2.05 bits per heavy atom. The summed E-state index contributed by atoms with van der Waals surface area (Å²) < 4.78 is 5.50. The van der Waals surface area contributed by atoms with E-state index in [1.165, 1.54) is 12.0 Å². The van der Waals surface area contributed by atoms with E-state index in [-0.39, 0.29) is 11.5 Å². The van der Waals surface area contributed by atoms with Crippen LogP contribution in [0, 0.1) is 0 Å². The molecular weight excluding hydrogens is 250 g/mol. The molecule has 1 aliphatic heterocycles. The van der Waals surface area contributed by atoms with Crippen molar-refractivity contribution in [1.29, 1.82) is 0 Å². The molecule has 4 nitrogen and oxygen atoms in total. The summed E-state index contributed by atoms with van der Waals surface area (Å²) in [6.07, 6.45) is 2.26. The predicted octanol–water partition coefficient (Wildman–Crippen LogP) is 3.46. The Morgan fingerprint density at radius 3 is 2.75 bits per heavy atom. The SMILES string of the molecule is CC(C)(C)c1ccccc1-c1nc(C2CCCN2)no1. The van der Waals surface area contributed by atoms with Crippen LogP contribution in [0.15, 0.2) is 28.8 Å². The van der Waals surface area contributed by atoms with Crippen LogP contribution in [-0.2, 0) is 5.41 Å². The first kappa shape index (κ1) is 13.3. The van der Waals surface area contributed by atoms with Gasteiger partial charge in [0.15, 0.2) is 5.82 Å². The standard InChI is InChI=1S/C16H21N3O/c1-16(2,3)12-8-5-4-7-11(12)15-18-14(19-20-15)13-9-6-10-17-13/h4-5,7-8,13,17H,6,9-10H2,1-3H3. The van der Waals surface area contributed by atoms with Gasteiger partial charge in [0, 0.05) is 5.56 Å². The molecule has 1 saturated heterocycles. The van der Waals surface area contributed by atoms with Gasteiger partial charge in [-0.05, 0) is 36.4 Å². The number of benzene rings is 1. The molecule has 1 aromatic carbocycles. The maximum Gasteiger partial charge on any atom is 0.258 e. The quantitative estimate of drug-likeness (QED) is 0.908. The van der Waals surface area contributed by atoms with Gasteiger partial charge in [-0.2, -0.15) is 4.98 Å². The van der Waals surface area contributed by atoms with E-state index in [1.54, 1.807) is 0 Å². The minimum absolute atomic E-state index is 0.0524. The zero-order valence-electron chi connectivity index (χ0n) is 12.3. The molecule has 0 radical (unpaired) electrons. The van der Waals surface area contributed by atoms with Crippen LogP contribution < -0.4 is 5.32 Å². The van der Waals surface area contributed by atoms with Gasteiger partial charge >= 0.3 is 0 Å². The molecule has 2 heterocycles. The molecule has 1 unspecified atom stereocenters. The lowest BCUT2D eigenvalue weighted by atomic mass is 9.84. The lowest BCUT2D eigenvalue weighted by Crippen LogP contribution is -2.14. The van der Waals surface area contributed by atoms with E-state index in [1.807, 2.05) is 6.07 Å². The van der Waals surface area contributed by atoms with Crippen LogP contribution in [0.1, 0.15) is 51.0 Å². The van der Waals surface area contributed by atoms with Crippen LogP contribution in [0.5, 0.6) is 0 Å². The molecule has 0 saturated carbocycles. The molecule has 3 rings (SSSR count). The number of aromatic nitrogens is 2. The van der Waals surface area contributed by atoms with Crippen LogP contribution >= 0.6 is 0 Å². The number of nitrogens with zero attached hydrogens (tertiary/aromatic N) is 2. The average molecular weight is 271 g/mol. The van der Waals surface area contributed by atoms with Crippen LogP contribution in [-0.4, -0.2) is 16.7 Å². The molecule has 20 heavy (non-hydrogen) atoms. The maximum atomic E-state index is 5.50. The Bertz CT molecular complexity index is 592. The second kappa shape index (κ2) is 5.02. The van der Waals surface area contributed by atoms with Crippen molar-refractivity contribution in [3.05, 3.63) is 35.7 Å². The summed E-state index contributed by atoms with van der Waals surface area (Å²) in [5, 5.41) is 7.55. The van der Waals surface area contributed by atoms with E-state index in [0.717, 1.165) is 24.4 Å². The molecular formula is C16H21N3O. The lowest BCUT2D eigenvalue weighted by molar-refractivity contribution is 0.411. The average Bonchev–Trinajstić information content (AvgIpc) is 3.09. The number of hydrogen-bond donors (Lipinski definition) is 1. The largest absolute Gasteiger partial charge is 0.334 e. The Labute approximate surface area is 119 Å². The van der Waals surface area contributed by atoms with Crippen molar-refractivity contribution in [2.24, 2.45) is 0 Å². The monoisotopic (exact) mass is 271 g/mol. The van der Waals surface area contributed by atoms with Crippen molar-refractivity contribution in [3.63, 3.8) is 0 Å². The van der Waals surface area contributed by atoms with Crippen LogP contribution in [0.2, 0.25) is 0 Å². The highest BCUT2D eigenvalue weighted by Gasteiger charge is 2.25. The molecule has 0 aliphatic carbocycles. The van der Waals surface area contributed by atoms with E-state index in [2.05, 4.69) is 54.4 Å². The van der Waals surface area contributed by atoms with Crippen molar-refractivity contribution in [1.82, 2.24) is 15.5 Å². The van der Waals surface area contributed by atoms with Gasteiger partial charge in [0.05, 0.1) is 6.04 Å². The van der Waals surface area contributed by atoms with Crippen LogP contribution in [0.3, 0.4) is 0 Å². The minimum atomic E-state index is 0.0524. The van der Waals surface area contributed by atoms with Gasteiger partial charge in [-0.3, -0.25) is 0 Å². The third kappa shape index (κ3) is 2.48. The highest BCUT2D eigenvalue weighted by atomic mass is 16.5. The van der Waals surface area contributed by atoms with Gasteiger partial charge in [-0.1, -0.05) is 44.1 Å². The van der Waals surface area contributed by atoms with Crippen molar-refractivity contribution in [2.45, 2.75) is 45.1 Å². The zero-order valence-corrected chi connectivity index (χ0v) is 12.3. The van der Waals surface area contributed by atoms with Gasteiger partial charge < -0.3 is 9.84 Å². The highest BCUT2D eigenvalue weighted by molar-refractivity contribution is 5.60.